The average Bonchev–Trinajstić information content (AvgIpc) is 2.44. The molecule has 1 aromatic rings. The van der Waals surface area contributed by atoms with Crippen LogP contribution in [0, 0.1) is 0 Å². The zero-order valence-electron chi connectivity index (χ0n) is 11.7. The van der Waals surface area contributed by atoms with Crippen molar-refractivity contribution in [2.75, 3.05) is 13.2 Å². The van der Waals surface area contributed by atoms with Gasteiger partial charge in [-0.2, -0.15) is 0 Å². The van der Waals surface area contributed by atoms with Gasteiger partial charge in [-0.05, 0) is 31.5 Å². The van der Waals surface area contributed by atoms with E-state index in [2.05, 4.69) is 4.72 Å². The molecule has 0 unspecified atom stereocenters. The molecule has 0 spiro atoms. The number of primary amides is 1. The Labute approximate surface area is 123 Å². The van der Waals surface area contributed by atoms with E-state index in [9.17, 15) is 18.0 Å². The predicted molar refractivity (Wildman–Crippen MR) is 76.0 cm³/mol. The summed E-state index contributed by atoms with van der Waals surface area (Å²) >= 11 is 0. The maximum absolute atomic E-state index is 12.0. The number of benzene rings is 1. The van der Waals surface area contributed by atoms with Crippen molar-refractivity contribution < 1.29 is 22.7 Å². The van der Waals surface area contributed by atoms with Crippen LogP contribution >= 0.6 is 0 Å². The topological polar surface area (TPSA) is 116 Å². The monoisotopic (exact) mass is 314 g/mol. The summed E-state index contributed by atoms with van der Waals surface area (Å²) in [6, 6.07) is 5.44. The summed E-state index contributed by atoms with van der Waals surface area (Å²) < 4.78 is 31.1. The Bertz CT molecular complexity index is 613. The molecule has 3 N–H and O–H groups in total. The fourth-order valence-electron chi connectivity index (χ4n) is 1.57. The third-order valence-corrected chi connectivity index (χ3v) is 4.04. The second-order valence-corrected chi connectivity index (χ2v) is 5.97. The van der Waals surface area contributed by atoms with Gasteiger partial charge in [0, 0.05) is 18.5 Å². The van der Waals surface area contributed by atoms with E-state index in [1.165, 1.54) is 24.3 Å². The summed E-state index contributed by atoms with van der Waals surface area (Å²) in [5.74, 6) is -1.07. The highest BCUT2D eigenvalue weighted by Gasteiger charge is 2.15. The second kappa shape index (κ2) is 7.75. The molecule has 0 heterocycles. The lowest BCUT2D eigenvalue weighted by Crippen LogP contribution is -2.25. The molecule has 1 aromatic carbocycles. The van der Waals surface area contributed by atoms with Gasteiger partial charge < -0.3 is 10.5 Å². The molecule has 0 fully saturated rings. The zero-order valence-corrected chi connectivity index (χ0v) is 12.5. The van der Waals surface area contributed by atoms with Crippen molar-refractivity contribution in [1.29, 1.82) is 0 Å². The number of carbonyl (C=O) groups excluding carboxylic acids is 2. The standard InChI is InChI=1S/C13H18N2O5S/c1-2-20-12(16)7-4-8-15-21(18,19)11-6-3-5-10(9-11)13(14)17/h3,5-6,9,15H,2,4,7-8H2,1H3,(H2,14,17). The number of ether oxygens (including phenoxy) is 1. The van der Waals surface area contributed by atoms with Gasteiger partial charge in [0.1, 0.15) is 0 Å². The number of hydrogen-bond acceptors (Lipinski definition) is 5. The Hall–Kier alpha value is -1.93. The predicted octanol–water partition coefficient (Wildman–Crippen LogP) is 0.407. The summed E-state index contributed by atoms with van der Waals surface area (Å²) in [7, 11) is -3.74. The van der Waals surface area contributed by atoms with Crippen molar-refractivity contribution in [2.24, 2.45) is 5.73 Å². The minimum atomic E-state index is -3.74. The zero-order chi connectivity index (χ0) is 15.9. The van der Waals surface area contributed by atoms with Gasteiger partial charge in [0.15, 0.2) is 0 Å². The molecule has 116 valence electrons. The van der Waals surface area contributed by atoms with Crippen LogP contribution in [0.15, 0.2) is 29.2 Å². The van der Waals surface area contributed by atoms with Crippen molar-refractivity contribution in [3.63, 3.8) is 0 Å². The van der Waals surface area contributed by atoms with Crippen LogP contribution in [0.2, 0.25) is 0 Å². The van der Waals surface area contributed by atoms with Crippen molar-refractivity contribution in [3.05, 3.63) is 29.8 Å². The van der Waals surface area contributed by atoms with Gasteiger partial charge in [0.2, 0.25) is 15.9 Å². The maximum Gasteiger partial charge on any atom is 0.305 e. The first-order valence-corrected chi connectivity index (χ1v) is 7.90. The molecule has 7 nitrogen and oxygen atoms in total. The number of amides is 1. The first-order valence-electron chi connectivity index (χ1n) is 6.42. The third-order valence-electron chi connectivity index (χ3n) is 2.58. The van der Waals surface area contributed by atoms with E-state index in [1.807, 2.05) is 0 Å². The molecule has 0 saturated carbocycles. The van der Waals surface area contributed by atoms with E-state index in [-0.39, 0.29) is 29.4 Å². The number of carbonyl (C=O) groups is 2. The number of nitrogens with two attached hydrogens (primary N) is 1. The van der Waals surface area contributed by atoms with E-state index in [4.69, 9.17) is 10.5 Å². The molecule has 1 amide bonds. The molecule has 0 atom stereocenters. The van der Waals surface area contributed by atoms with Crippen molar-refractivity contribution >= 4 is 21.9 Å². The van der Waals surface area contributed by atoms with Gasteiger partial charge in [0.05, 0.1) is 11.5 Å². The highest BCUT2D eigenvalue weighted by Crippen LogP contribution is 2.11. The van der Waals surface area contributed by atoms with Crippen LogP contribution in [0.25, 0.3) is 0 Å². The van der Waals surface area contributed by atoms with E-state index in [0.717, 1.165) is 0 Å². The number of hydrogen-bond donors (Lipinski definition) is 2. The lowest BCUT2D eigenvalue weighted by molar-refractivity contribution is -0.143. The van der Waals surface area contributed by atoms with Crippen LogP contribution in [0.3, 0.4) is 0 Å². The van der Waals surface area contributed by atoms with Crippen LogP contribution in [-0.4, -0.2) is 33.4 Å². The fourth-order valence-corrected chi connectivity index (χ4v) is 2.69. The molecule has 0 bridgehead atoms. The molecule has 0 aromatic heterocycles. The summed E-state index contributed by atoms with van der Waals surface area (Å²) in [6.45, 7) is 2.10. The van der Waals surface area contributed by atoms with E-state index in [0.29, 0.717) is 13.0 Å². The number of nitrogens with one attached hydrogen (secondary N) is 1. The van der Waals surface area contributed by atoms with Gasteiger partial charge in [-0.15, -0.1) is 0 Å². The summed E-state index contributed by atoms with van der Waals surface area (Å²) in [6.07, 6.45) is 0.464. The molecule has 0 aliphatic carbocycles. The Morgan fingerprint density at radius 2 is 2.05 bits per heavy atom. The Balaban J connectivity index is 2.60. The van der Waals surface area contributed by atoms with Gasteiger partial charge in [-0.25, -0.2) is 13.1 Å². The van der Waals surface area contributed by atoms with Crippen LogP contribution < -0.4 is 10.5 Å². The maximum atomic E-state index is 12.0. The summed E-state index contributed by atoms with van der Waals surface area (Å²) in [5, 5.41) is 0. The minimum Gasteiger partial charge on any atom is -0.466 e. The Morgan fingerprint density at radius 1 is 1.33 bits per heavy atom. The van der Waals surface area contributed by atoms with E-state index >= 15 is 0 Å². The lowest BCUT2D eigenvalue weighted by atomic mass is 10.2. The van der Waals surface area contributed by atoms with Gasteiger partial charge in [0.25, 0.3) is 0 Å². The molecule has 0 radical (unpaired) electrons. The summed E-state index contributed by atoms with van der Waals surface area (Å²) in [5.41, 5.74) is 5.22. The largest absolute Gasteiger partial charge is 0.466 e. The van der Waals surface area contributed by atoms with Gasteiger partial charge in [-0.3, -0.25) is 9.59 Å². The van der Waals surface area contributed by atoms with Gasteiger partial charge >= 0.3 is 5.97 Å². The molecule has 0 aliphatic heterocycles. The summed E-state index contributed by atoms with van der Waals surface area (Å²) in [4.78, 5) is 22.1. The molecule has 0 aliphatic rings. The normalized spacial score (nSPS) is 11.1. The first-order chi connectivity index (χ1) is 9.86. The molecule has 8 heteroatoms. The third kappa shape index (κ3) is 5.52. The van der Waals surface area contributed by atoms with Crippen molar-refractivity contribution in [3.8, 4) is 0 Å². The highest BCUT2D eigenvalue weighted by atomic mass is 32.2. The fraction of sp³-hybridized carbons (Fsp3) is 0.385. The van der Waals surface area contributed by atoms with Crippen LogP contribution in [0.1, 0.15) is 30.1 Å². The minimum absolute atomic E-state index is 0.0464. The number of esters is 1. The SMILES string of the molecule is CCOC(=O)CCCNS(=O)(=O)c1cccc(C(N)=O)c1. The van der Waals surface area contributed by atoms with Crippen LogP contribution in [0.4, 0.5) is 0 Å². The Morgan fingerprint density at radius 3 is 2.67 bits per heavy atom. The quantitative estimate of drug-likeness (QED) is 0.532. The van der Waals surface area contributed by atoms with Crippen LogP contribution in [0.5, 0.6) is 0 Å². The van der Waals surface area contributed by atoms with Gasteiger partial charge in [-0.1, -0.05) is 6.07 Å². The number of rotatable bonds is 8. The van der Waals surface area contributed by atoms with E-state index < -0.39 is 15.9 Å². The van der Waals surface area contributed by atoms with E-state index in [1.54, 1.807) is 6.92 Å². The van der Waals surface area contributed by atoms with Crippen molar-refractivity contribution in [1.82, 2.24) is 4.72 Å². The molecule has 21 heavy (non-hydrogen) atoms. The second-order valence-electron chi connectivity index (χ2n) is 4.20. The lowest BCUT2D eigenvalue weighted by Gasteiger charge is -2.07. The average molecular weight is 314 g/mol. The van der Waals surface area contributed by atoms with Crippen molar-refractivity contribution in [2.45, 2.75) is 24.7 Å². The molecular formula is C13H18N2O5S. The molecular weight excluding hydrogens is 296 g/mol. The number of sulfonamides is 1. The van der Waals surface area contributed by atoms with Crippen LogP contribution in [-0.2, 0) is 19.6 Å². The Kier molecular flexibility index (Phi) is 6.32. The first kappa shape index (κ1) is 17.1. The highest BCUT2D eigenvalue weighted by molar-refractivity contribution is 7.89. The smallest absolute Gasteiger partial charge is 0.305 e. The molecule has 1 rings (SSSR count). The molecule has 0 saturated heterocycles.